The number of rotatable bonds is 1. The molecule has 0 aliphatic rings. The summed E-state index contributed by atoms with van der Waals surface area (Å²) >= 11 is 0. The summed E-state index contributed by atoms with van der Waals surface area (Å²) in [6.45, 7) is 3.50. The molecule has 0 aliphatic heterocycles. The number of hydrogen-bond donors (Lipinski definition) is 1. The first kappa shape index (κ1) is 8.64. The van der Waals surface area contributed by atoms with Crippen molar-refractivity contribution in [1.29, 1.82) is 0 Å². The van der Waals surface area contributed by atoms with E-state index in [9.17, 15) is 4.79 Å². The quantitative estimate of drug-likeness (QED) is 0.694. The Labute approximate surface area is 70.4 Å². The molecule has 4 heteroatoms. The Bertz CT molecular complexity index is 278. The van der Waals surface area contributed by atoms with Gasteiger partial charge in [-0.15, -0.1) is 0 Å². The van der Waals surface area contributed by atoms with Gasteiger partial charge < -0.3 is 9.84 Å². The van der Waals surface area contributed by atoms with E-state index in [1.807, 2.05) is 0 Å². The van der Waals surface area contributed by atoms with Crippen LogP contribution in [-0.4, -0.2) is 21.9 Å². The molecule has 0 fully saturated rings. The lowest BCUT2D eigenvalue weighted by atomic mass is 10.5. The lowest BCUT2D eigenvalue weighted by Crippen LogP contribution is -2.16. The smallest absolute Gasteiger partial charge is 0.421 e. The van der Waals surface area contributed by atoms with Crippen molar-refractivity contribution in [3.8, 4) is 5.88 Å². The van der Waals surface area contributed by atoms with E-state index >= 15 is 0 Å². The predicted molar refractivity (Wildman–Crippen MR) is 43.1 cm³/mol. The van der Waals surface area contributed by atoms with E-state index in [0.717, 1.165) is 4.57 Å². The highest BCUT2D eigenvalue weighted by molar-refractivity contribution is 5.72. The Morgan fingerprint density at radius 2 is 2.33 bits per heavy atom. The minimum atomic E-state index is -0.562. The number of hydrogen-bond acceptors (Lipinski definition) is 3. The summed E-state index contributed by atoms with van der Waals surface area (Å²) in [5.41, 5.74) is 0. The second-order valence-corrected chi connectivity index (χ2v) is 2.67. The Kier molecular flexibility index (Phi) is 2.38. The molecular weight excluding hydrogens is 158 g/mol. The topological polar surface area (TPSA) is 51.5 Å². The Morgan fingerprint density at radius 1 is 1.67 bits per heavy atom. The Morgan fingerprint density at radius 3 is 2.75 bits per heavy atom. The van der Waals surface area contributed by atoms with Gasteiger partial charge in [0.25, 0.3) is 0 Å². The molecule has 66 valence electrons. The lowest BCUT2D eigenvalue weighted by Gasteiger charge is -2.08. The van der Waals surface area contributed by atoms with Crippen LogP contribution in [0.2, 0.25) is 0 Å². The molecule has 0 saturated carbocycles. The van der Waals surface area contributed by atoms with Crippen LogP contribution in [-0.2, 0) is 4.74 Å². The summed E-state index contributed by atoms with van der Waals surface area (Å²) in [5.74, 6) is -0.111. The molecule has 0 radical (unpaired) electrons. The fourth-order valence-corrected chi connectivity index (χ4v) is 0.785. The lowest BCUT2D eigenvalue weighted by molar-refractivity contribution is 0.115. The molecule has 1 aromatic rings. The normalized spacial score (nSPS) is 10.2. The molecule has 0 saturated heterocycles. The Hall–Kier alpha value is -1.45. The zero-order valence-corrected chi connectivity index (χ0v) is 7.02. The number of nitrogens with zero attached hydrogens (tertiary/aromatic N) is 1. The van der Waals surface area contributed by atoms with Crippen molar-refractivity contribution in [2.24, 2.45) is 0 Å². The van der Waals surface area contributed by atoms with Crippen LogP contribution in [0, 0.1) is 0 Å². The molecular formula is C8H11NO3. The van der Waals surface area contributed by atoms with Crippen LogP contribution in [0.5, 0.6) is 5.88 Å². The maximum Gasteiger partial charge on any atom is 0.421 e. The third-order valence-corrected chi connectivity index (χ3v) is 1.26. The molecule has 1 aromatic heterocycles. The van der Waals surface area contributed by atoms with Gasteiger partial charge in [0.2, 0.25) is 5.88 Å². The summed E-state index contributed by atoms with van der Waals surface area (Å²) in [4.78, 5) is 11.1. The molecule has 0 aromatic carbocycles. The van der Waals surface area contributed by atoms with Gasteiger partial charge in [-0.1, -0.05) is 0 Å². The van der Waals surface area contributed by atoms with E-state index < -0.39 is 6.09 Å². The average Bonchev–Trinajstić information content (AvgIpc) is 2.33. The van der Waals surface area contributed by atoms with E-state index in [-0.39, 0.29) is 12.0 Å². The van der Waals surface area contributed by atoms with Crippen molar-refractivity contribution < 1.29 is 14.6 Å². The first-order valence-electron chi connectivity index (χ1n) is 3.68. The van der Waals surface area contributed by atoms with Gasteiger partial charge in [0.1, 0.15) is 0 Å². The van der Waals surface area contributed by atoms with E-state index in [4.69, 9.17) is 9.84 Å². The maximum absolute atomic E-state index is 11.1. The monoisotopic (exact) mass is 169 g/mol. The third kappa shape index (κ3) is 1.78. The number of ether oxygens (including phenoxy) is 1. The average molecular weight is 169 g/mol. The van der Waals surface area contributed by atoms with E-state index in [2.05, 4.69) is 0 Å². The standard InChI is InChI=1S/C8H11NO3/c1-6(2)12-8(11)9-5-3-4-7(9)10/h3-6,10H,1-2H3. The molecule has 0 aliphatic carbocycles. The zero-order valence-electron chi connectivity index (χ0n) is 7.02. The first-order valence-corrected chi connectivity index (χ1v) is 3.68. The number of aromatic nitrogens is 1. The van der Waals surface area contributed by atoms with Crippen LogP contribution in [0.15, 0.2) is 18.3 Å². The minimum absolute atomic E-state index is 0.111. The number of aromatic hydroxyl groups is 1. The van der Waals surface area contributed by atoms with Gasteiger partial charge in [0, 0.05) is 12.3 Å². The molecule has 1 N–H and O–H groups in total. The zero-order chi connectivity index (χ0) is 9.14. The van der Waals surface area contributed by atoms with Crippen LogP contribution in [0.4, 0.5) is 4.79 Å². The van der Waals surface area contributed by atoms with Crippen LogP contribution in [0.3, 0.4) is 0 Å². The minimum Gasteiger partial charge on any atom is -0.494 e. The highest BCUT2D eigenvalue weighted by Gasteiger charge is 2.10. The molecule has 0 atom stereocenters. The van der Waals surface area contributed by atoms with Gasteiger partial charge in [-0.3, -0.25) is 0 Å². The van der Waals surface area contributed by atoms with Gasteiger partial charge in [0.15, 0.2) is 0 Å². The summed E-state index contributed by atoms with van der Waals surface area (Å²) < 4.78 is 5.88. The van der Waals surface area contributed by atoms with Crippen molar-refractivity contribution >= 4 is 6.09 Å². The molecule has 0 amide bonds. The molecule has 0 bridgehead atoms. The fourth-order valence-electron chi connectivity index (χ4n) is 0.785. The van der Waals surface area contributed by atoms with E-state index in [1.165, 1.54) is 12.3 Å². The van der Waals surface area contributed by atoms with Crippen LogP contribution in [0.25, 0.3) is 0 Å². The Balaban J connectivity index is 2.72. The second kappa shape index (κ2) is 3.30. The van der Waals surface area contributed by atoms with Gasteiger partial charge in [0.05, 0.1) is 6.10 Å². The molecule has 1 heterocycles. The highest BCUT2D eigenvalue weighted by Crippen LogP contribution is 2.10. The fraction of sp³-hybridized carbons (Fsp3) is 0.375. The van der Waals surface area contributed by atoms with Crippen LogP contribution in [0.1, 0.15) is 13.8 Å². The molecule has 0 unspecified atom stereocenters. The summed E-state index contributed by atoms with van der Waals surface area (Å²) in [5, 5.41) is 9.10. The van der Waals surface area contributed by atoms with E-state index in [0.29, 0.717) is 0 Å². The van der Waals surface area contributed by atoms with Gasteiger partial charge >= 0.3 is 6.09 Å². The van der Waals surface area contributed by atoms with Crippen LogP contribution >= 0.6 is 0 Å². The van der Waals surface area contributed by atoms with Crippen molar-refractivity contribution in [3.05, 3.63) is 18.3 Å². The summed E-state index contributed by atoms with van der Waals surface area (Å²) in [6.07, 6.45) is 0.701. The molecule has 1 rings (SSSR count). The highest BCUT2D eigenvalue weighted by atomic mass is 16.6. The van der Waals surface area contributed by atoms with Gasteiger partial charge in [-0.2, -0.15) is 0 Å². The van der Waals surface area contributed by atoms with Gasteiger partial charge in [-0.05, 0) is 19.9 Å². The second-order valence-electron chi connectivity index (χ2n) is 2.67. The van der Waals surface area contributed by atoms with Crippen molar-refractivity contribution in [2.75, 3.05) is 0 Å². The SMILES string of the molecule is CC(C)OC(=O)n1cccc1O. The van der Waals surface area contributed by atoms with Gasteiger partial charge in [-0.25, -0.2) is 9.36 Å². The van der Waals surface area contributed by atoms with E-state index in [1.54, 1.807) is 19.9 Å². The largest absolute Gasteiger partial charge is 0.494 e. The van der Waals surface area contributed by atoms with Crippen molar-refractivity contribution in [3.63, 3.8) is 0 Å². The van der Waals surface area contributed by atoms with Crippen molar-refractivity contribution in [1.82, 2.24) is 4.57 Å². The summed E-state index contributed by atoms with van der Waals surface area (Å²) in [7, 11) is 0. The third-order valence-electron chi connectivity index (χ3n) is 1.26. The molecule has 12 heavy (non-hydrogen) atoms. The molecule has 0 spiro atoms. The number of carbonyl (C=O) groups is 1. The van der Waals surface area contributed by atoms with Crippen LogP contribution < -0.4 is 0 Å². The van der Waals surface area contributed by atoms with Crippen molar-refractivity contribution in [2.45, 2.75) is 20.0 Å². The first-order chi connectivity index (χ1) is 5.61. The summed E-state index contributed by atoms with van der Waals surface area (Å²) in [6, 6.07) is 2.98. The predicted octanol–water partition coefficient (Wildman–Crippen LogP) is 1.59. The maximum atomic E-state index is 11.1. The number of carbonyl (C=O) groups excluding carboxylic acids is 1. The molecule has 4 nitrogen and oxygen atoms in total.